The molecule has 17 nitrogen and oxygen atoms in total. The number of anilines is 3. The predicted molar refractivity (Wildman–Crippen MR) is 428 cm³/mol. The number of carbonyl (C=O) groups excluding carboxylic acids is 5. The molecule has 2 aliphatic heterocycles. The average molecular weight is 1480 g/mol. The minimum atomic E-state index is -0.403. The van der Waals surface area contributed by atoms with Gasteiger partial charge >= 0.3 is 0 Å². The minimum absolute atomic E-state index is 0.0400. The molecule has 9 aromatic carbocycles. The quantitative estimate of drug-likeness (QED) is 0.0454. The van der Waals surface area contributed by atoms with Gasteiger partial charge in [-0.05, 0) is 216 Å². The number of allylic oxidation sites excluding steroid dienone is 3. The van der Waals surface area contributed by atoms with Crippen molar-refractivity contribution in [3.05, 3.63) is 304 Å². The standard InChI is InChI=1S/C29H27NO5.C22H18Cl2N2O3S.C19H19N5.C17H16O/c1-16-9-20(14-27(33-2)29(16)32)21-10-18-5-3-4-6-22(18)30-23-11-19(12-24(31)28(21)23)17-7-8-25-26(13-17)35-15-34-25;1-11-4-9-16(24)17(10-11)25-21(29)19-12(2)18(13(3)27)22(30-19)26-20(28)14-5-7-15(23)8-6-14;1-4-23-18-8-6-5-7-16(18)17-11-15(9-10-19(17)23)12-20-24-13(2)21-22-14(24)3;1-13-7-9-16(10-8-13)17(18)12-11-15-6-4-3-5-14(15)2/h3-9,13-14,19,21,30,32H,10-12,15H2,1-2H3;4-10H,1-3H3,(H,25,29)(H,26,28);5-12H,4H2,1-3H3;3-12H,1-2H3/b;;20-12+;12-11+. The van der Waals surface area contributed by atoms with Gasteiger partial charge in [0.25, 0.3) is 11.8 Å². The van der Waals surface area contributed by atoms with E-state index in [0.717, 1.165) is 114 Å². The fourth-order valence-corrected chi connectivity index (χ4v) is 14.9. The maximum absolute atomic E-state index is 13.8. The van der Waals surface area contributed by atoms with Crippen LogP contribution in [0.5, 0.6) is 23.0 Å². The van der Waals surface area contributed by atoms with Gasteiger partial charge in [0, 0.05) is 73.8 Å². The Balaban J connectivity index is 0.000000137. The third kappa shape index (κ3) is 17.0. The fraction of sp³-hybridized carbons (Fsp3) is 0.195. The Morgan fingerprint density at radius 1 is 0.692 bits per heavy atom. The lowest BCUT2D eigenvalue weighted by molar-refractivity contribution is -0.116. The lowest BCUT2D eigenvalue weighted by Gasteiger charge is -2.30. The van der Waals surface area contributed by atoms with E-state index in [-0.39, 0.29) is 41.7 Å². The first-order chi connectivity index (χ1) is 51.5. The molecule has 2 unspecified atom stereocenters. The molecule has 4 N–H and O–H groups in total. The molecule has 2 amide bonds. The highest BCUT2D eigenvalue weighted by Gasteiger charge is 2.37. The number of thiophene rings is 1. The van der Waals surface area contributed by atoms with Crippen molar-refractivity contribution in [2.75, 3.05) is 29.9 Å². The van der Waals surface area contributed by atoms with Crippen molar-refractivity contribution in [3.8, 4) is 23.0 Å². The maximum atomic E-state index is 13.8. The molecule has 1 aliphatic carbocycles. The number of aryl methyl sites for hydroxylation is 7. The minimum Gasteiger partial charge on any atom is -0.504 e. The third-order valence-corrected chi connectivity index (χ3v) is 20.9. The largest absolute Gasteiger partial charge is 0.504 e. The number of fused-ring (bicyclic) bond motifs is 5. The Morgan fingerprint density at radius 3 is 2.12 bits per heavy atom. The molecule has 15 rings (SSSR count). The number of phenolic OH excluding ortho intramolecular Hbond substituents is 1. The van der Waals surface area contributed by atoms with Crippen LogP contribution in [-0.2, 0) is 17.8 Å². The number of aromatic hydroxyl groups is 1. The number of hydrogen-bond donors (Lipinski definition) is 4. The molecule has 0 radical (unpaired) electrons. The predicted octanol–water partition coefficient (Wildman–Crippen LogP) is 20.1. The Kier molecular flexibility index (Phi) is 23.3. The summed E-state index contributed by atoms with van der Waals surface area (Å²) in [6.07, 6.45) is 7.21. The zero-order valence-corrected chi connectivity index (χ0v) is 63.3. The van der Waals surface area contributed by atoms with E-state index in [4.69, 9.17) is 37.4 Å². The topological polar surface area (TPSA) is 217 Å². The molecule has 0 spiro atoms. The van der Waals surface area contributed by atoms with Gasteiger partial charge in [-0.3, -0.25) is 24.0 Å². The number of amides is 2. The zero-order chi connectivity index (χ0) is 75.7. The van der Waals surface area contributed by atoms with Gasteiger partial charge in [0.1, 0.15) is 5.00 Å². The third-order valence-electron chi connectivity index (χ3n) is 19.1. The molecule has 0 saturated heterocycles. The number of nitrogens with zero attached hydrogens (tertiary/aromatic N) is 5. The number of benzene rings is 9. The maximum Gasteiger partial charge on any atom is 0.266 e. The number of para-hydroxylation sites is 2. The smallest absolute Gasteiger partial charge is 0.266 e. The van der Waals surface area contributed by atoms with Crippen LogP contribution in [0.15, 0.2) is 211 Å². The molecular formula is C87H80Cl2N8O9S. The van der Waals surface area contributed by atoms with E-state index in [9.17, 15) is 29.1 Å². The average Bonchev–Trinajstić information content (AvgIpc) is 1.61. The van der Waals surface area contributed by atoms with Gasteiger partial charge in [0.05, 0.1) is 34.5 Å². The summed E-state index contributed by atoms with van der Waals surface area (Å²) in [5.41, 5.74) is 17.1. The highest BCUT2D eigenvalue weighted by molar-refractivity contribution is 7.19. The molecular weight excluding hydrogens is 1400 g/mol. The van der Waals surface area contributed by atoms with Crippen LogP contribution < -0.4 is 30.2 Å². The molecule has 3 aliphatic rings. The van der Waals surface area contributed by atoms with Crippen LogP contribution in [0.25, 0.3) is 27.9 Å². The van der Waals surface area contributed by atoms with Crippen LogP contribution in [-0.4, -0.2) is 73.8 Å². The van der Waals surface area contributed by atoms with Gasteiger partial charge in [-0.1, -0.05) is 144 Å². The first kappa shape index (κ1) is 75.0. The Labute approximate surface area is 635 Å². The summed E-state index contributed by atoms with van der Waals surface area (Å²) >= 11 is 13.1. The summed E-state index contributed by atoms with van der Waals surface area (Å²) in [6.45, 7) is 18.0. The summed E-state index contributed by atoms with van der Waals surface area (Å²) in [5, 5.41) is 35.9. The van der Waals surface area contributed by atoms with Crippen LogP contribution in [0, 0.1) is 48.5 Å². The molecule has 0 fully saturated rings. The van der Waals surface area contributed by atoms with Crippen molar-refractivity contribution < 1.29 is 43.3 Å². The number of nitrogens with one attached hydrogen (secondary N) is 3. The number of rotatable bonds is 14. The zero-order valence-electron chi connectivity index (χ0n) is 60.9. The Hall–Kier alpha value is -11.7. The van der Waals surface area contributed by atoms with E-state index in [1.165, 1.54) is 34.3 Å². The number of halogens is 2. The van der Waals surface area contributed by atoms with Crippen molar-refractivity contribution in [3.63, 3.8) is 0 Å². The molecule has 3 aromatic heterocycles. The second-order valence-corrected chi connectivity index (χ2v) is 28.3. The van der Waals surface area contributed by atoms with Crippen molar-refractivity contribution in [2.24, 2.45) is 5.10 Å². The highest BCUT2D eigenvalue weighted by Crippen LogP contribution is 2.48. The summed E-state index contributed by atoms with van der Waals surface area (Å²) < 4.78 is 20.6. The second kappa shape index (κ2) is 33.2. The van der Waals surface area contributed by atoms with Crippen LogP contribution in [0.3, 0.4) is 0 Å². The van der Waals surface area contributed by atoms with Crippen molar-refractivity contribution >= 4 is 114 Å². The molecule has 12 aromatic rings. The molecule has 2 atom stereocenters. The summed E-state index contributed by atoms with van der Waals surface area (Å²) in [6, 6.07) is 60.3. The van der Waals surface area contributed by atoms with Gasteiger partial charge in [0.15, 0.2) is 52.0 Å². The van der Waals surface area contributed by atoms with Gasteiger partial charge in [-0.25, -0.2) is 4.68 Å². The lowest BCUT2D eigenvalue weighted by atomic mass is 9.75. The summed E-state index contributed by atoms with van der Waals surface area (Å²) in [7, 11) is 1.55. The second-order valence-electron chi connectivity index (χ2n) is 26.5. The van der Waals surface area contributed by atoms with Crippen molar-refractivity contribution in [1.82, 2.24) is 19.4 Å². The van der Waals surface area contributed by atoms with Crippen molar-refractivity contribution in [2.45, 2.75) is 100.0 Å². The molecule has 0 saturated carbocycles. The molecule has 0 bridgehead atoms. The molecule has 20 heteroatoms. The first-order valence-corrected chi connectivity index (χ1v) is 36.6. The molecule has 107 heavy (non-hydrogen) atoms. The van der Waals surface area contributed by atoms with E-state index >= 15 is 0 Å². The summed E-state index contributed by atoms with van der Waals surface area (Å²) in [5.74, 6) is 2.65. The van der Waals surface area contributed by atoms with Gasteiger partial charge in [-0.15, -0.1) is 21.5 Å². The van der Waals surface area contributed by atoms with Crippen LogP contribution >= 0.6 is 34.5 Å². The van der Waals surface area contributed by atoms with E-state index in [1.54, 1.807) is 61.2 Å². The number of methoxy groups -OCH3 is 1. The van der Waals surface area contributed by atoms with E-state index in [2.05, 4.69) is 97.3 Å². The molecule has 5 heterocycles. The van der Waals surface area contributed by atoms with E-state index < -0.39 is 11.8 Å². The van der Waals surface area contributed by atoms with Crippen LogP contribution in [0.2, 0.25) is 10.0 Å². The molecule has 542 valence electrons. The van der Waals surface area contributed by atoms with E-state index in [0.29, 0.717) is 60.9 Å². The highest BCUT2D eigenvalue weighted by atomic mass is 35.5. The SMILES string of the molecule is CC(=O)c1c(NC(=O)c2ccc(Cl)cc2)sc(C(=O)Nc2cc(C)ccc2Cl)c1C.CCn1c2ccccc2c2cc(/C=N/n3c(C)nnc3C)ccc21.COc1cc(C2Cc3ccccc3NC3=C2C(=O)CC(c2ccc4c(c2)OCO4)C3)cc(C)c1O.Cc1ccc(C(=O)/C=C/c2ccccc2C)cc1. The number of hydrogen-bond acceptors (Lipinski definition) is 14. The number of aromatic nitrogens is 4. The number of carbonyl (C=O) groups is 5. The van der Waals surface area contributed by atoms with Gasteiger partial charge in [0.2, 0.25) is 6.79 Å². The van der Waals surface area contributed by atoms with Gasteiger partial charge < -0.3 is 39.8 Å². The summed E-state index contributed by atoms with van der Waals surface area (Å²) in [4.78, 5) is 63.8. The Morgan fingerprint density at radius 2 is 1.38 bits per heavy atom. The van der Waals surface area contributed by atoms with Gasteiger partial charge in [-0.2, -0.15) is 5.10 Å². The fourth-order valence-electron chi connectivity index (χ4n) is 13.5. The number of ketones is 3. The first-order valence-electron chi connectivity index (χ1n) is 35.0. The lowest BCUT2D eigenvalue weighted by Crippen LogP contribution is -2.25. The Bertz CT molecular complexity index is 5500. The normalized spacial score (nSPS) is 14.2. The number of phenols is 1. The van der Waals surface area contributed by atoms with Crippen molar-refractivity contribution in [1.29, 1.82) is 0 Å². The van der Waals surface area contributed by atoms with Crippen LogP contribution in [0.4, 0.5) is 16.4 Å². The van der Waals surface area contributed by atoms with E-state index in [1.807, 2.05) is 151 Å². The number of Topliss-reactive ketones (excluding diaryl/α,β-unsaturated/α-hetero) is 2. The number of ether oxygens (including phenoxy) is 3. The van der Waals surface area contributed by atoms with Crippen LogP contribution in [0.1, 0.15) is 147 Å². The monoisotopic (exact) mass is 1480 g/mol.